The van der Waals surface area contributed by atoms with E-state index in [1.165, 1.54) is 24.2 Å². The third-order valence-corrected chi connectivity index (χ3v) is 7.19. The predicted octanol–water partition coefficient (Wildman–Crippen LogP) is 3.18. The van der Waals surface area contributed by atoms with Gasteiger partial charge >= 0.3 is 0 Å². The summed E-state index contributed by atoms with van der Waals surface area (Å²) in [6.07, 6.45) is 4.52. The fourth-order valence-corrected chi connectivity index (χ4v) is 5.03. The summed E-state index contributed by atoms with van der Waals surface area (Å²) in [6.45, 7) is 14.7. The van der Waals surface area contributed by atoms with Gasteiger partial charge in [-0.05, 0) is 56.7 Å². The van der Waals surface area contributed by atoms with Crippen LogP contribution in [-0.4, -0.2) is 72.2 Å². The molecule has 0 saturated carbocycles. The molecular weight excluding hydrogens is 495 g/mol. The monoisotopic (exact) mass is 532 g/mol. The summed E-state index contributed by atoms with van der Waals surface area (Å²) in [5, 5.41) is 6.93. The maximum absolute atomic E-state index is 4.82. The lowest BCUT2D eigenvalue weighted by Gasteiger charge is -2.34. The second-order valence-corrected chi connectivity index (χ2v) is 9.58. The quantitative estimate of drug-likeness (QED) is 0.320. The molecule has 1 aromatic rings. The zero-order chi connectivity index (χ0) is 19.8. The molecule has 0 aliphatic carbocycles. The van der Waals surface area contributed by atoms with Crippen LogP contribution in [-0.2, 0) is 6.54 Å². The van der Waals surface area contributed by atoms with Crippen LogP contribution in [0.1, 0.15) is 39.2 Å². The van der Waals surface area contributed by atoms with Crippen molar-refractivity contribution in [2.75, 3.05) is 56.5 Å². The molecule has 0 bridgehead atoms. The van der Waals surface area contributed by atoms with Crippen LogP contribution >= 0.6 is 35.7 Å². The van der Waals surface area contributed by atoms with E-state index in [2.05, 4.69) is 70.1 Å². The maximum Gasteiger partial charge on any atom is 0.191 e. The Morgan fingerprint density at radius 1 is 1.24 bits per heavy atom. The largest absolute Gasteiger partial charge is 0.357 e. The van der Waals surface area contributed by atoms with Crippen LogP contribution in [0.2, 0.25) is 0 Å². The number of nitrogens with one attached hydrogen (secondary N) is 2. The van der Waals surface area contributed by atoms with Crippen molar-refractivity contribution in [3.63, 3.8) is 0 Å². The number of likely N-dealkylation sites (N-methyl/N-ethyl adjacent to an activating group) is 1. The van der Waals surface area contributed by atoms with E-state index in [1.807, 2.05) is 6.20 Å². The van der Waals surface area contributed by atoms with E-state index in [0.717, 1.165) is 57.6 Å². The van der Waals surface area contributed by atoms with Crippen LogP contribution in [0.4, 0.5) is 5.82 Å². The Labute approximate surface area is 197 Å². The van der Waals surface area contributed by atoms with Crippen molar-refractivity contribution in [1.29, 1.82) is 0 Å². The average Bonchev–Trinajstić information content (AvgIpc) is 3.17. The van der Waals surface area contributed by atoms with Crippen molar-refractivity contribution in [3.8, 4) is 0 Å². The van der Waals surface area contributed by atoms with Gasteiger partial charge in [0.1, 0.15) is 5.82 Å². The predicted molar refractivity (Wildman–Crippen MR) is 137 cm³/mol. The van der Waals surface area contributed by atoms with Crippen LogP contribution in [0.25, 0.3) is 0 Å². The fraction of sp³-hybridized carbons (Fsp3) is 0.714. The third kappa shape index (κ3) is 7.47. The minimum Gasteiger partial charge on any atom is -0.357 e. The van der Waals surface area contributed by atoms with Gasteiger partial charge in [-0.3, -0.25) is 0 Å². The highest BCUT2D eigenvalue weighted by atomic mass is 127. The number of nitrogens with zero attached hydrogens (tertiary/aromatic N) is 4. The summed E-state index contributed by atoms with van der Waals surface area (Å²) in [4.78, 5) is 14.3. The molecule has 1 aromatic heterocycles. The number of aliphatic imine (C=N–C) groups is 1. The lowest BCUT2D eigenvalue weighted by molar-refractivity contribution is 0.270. The smallest absolute Gasteiger partial charge is 0.191 e. The molecule has 2 fully saturated rings. The van der Waals surface area contributed by atoms with Crippen LogP contribution < -0.4 is 15.5 Å². The molecule has 1 atom stereocenters. The van der Waals surface area contributed by atoms with Crippen molar-refractivity contribution >= 4 is 47.5 Å². The van der Waals surface area contributed by atoms with E-state index in [9.17, 15) is 0 Å². The molecule has 2 aliphatic heterocycles. The maximum atomic E-state index is 4.82. The van der Waals surface area contributed by atoms with Crippen LogP contribution in [0, 0.1) is 0 Å². The highest BCUT2D eigenvalue weighted by Crippen LogP contribution is 2.36. The van der Waals surface area contributed by atoms with Gasteiger partial charge < -0.3 is 20.4 Å². The minimum atomic E-state index is 0. The van der Waals surface area contributed by atoms with Gasteiger partial charge in [0.2, 0.25) is 0 Å². The fourth-order valence-electron chi connectivity index (χ4n) is 3.78. The Bertz CT molecular complexity index is 642. The molecule has 0 aromatic carbocycles. The first-order valence-corrected chi connectivity index (χ1v) is 11.7. The molecule has 1 unspecified atom stereocenters. The number of thioether (sulfide) groups is 1. The summed E-state index contributed by atoms with van der Waals surface area (Å²) in [7, 11) is 0. The molecular formula is C21H37IN6S. The van der Waals surface area contributed by atoms with Crippen molar-refractivity contribution in [2.24, 2.45) is 4.99 Å². The Kier molecular flexibility index (Phi) is 10.3. The minimum absolute atomic E-state index is 0. The summed E-state index contributed by atoms with van der Waals surface area (Å²) < 4.78 is 0.334. The van der Waals surface area contributed by atoms with Crippen molar-refractivity contribution in [1.82, 2.24) is 20.5 Å². The van der Waals surface area contributed by atoms with Gasteiger partial charge in [0.25, 0.3) is 0 Å². The number of halogens is 1. The highest BCUT2D eigenvalue weighted by Gasteiger charge is 2.29. The van der Waals surface area contributed by atoms with Gasteiger partial charge in [-0.25, -0.2) is 9.98 Å². The lowest BCUT2D eigenvalue weighted by atomic mass is 10.1. The Balaban J connectivity index is 0.00000300. The van der Waals surface area contributed by atoms with E-state index in [1.54, 1.807) is 0 Å². The van der Waals surface area contributed by atoms with E-state index in [-0.39, 0.29) is 24.0 Å². The number of hydrogen-bond acceptors (Lipinski definition) is 5. The average molecular weight is 533 g/mol. The van der Waals surface area contributed by atoms with Crippen molar-refractivity contribution in [2.45, 2.75) is 44.9 Å². The first kappa shape index (κ1) is 24.5. The number of guanidine groups is 1. The Morgan fingerprint density at radius 3 is 2.69 bits per heavy atom. The van der Waals surface area contributed by atoms with E-state index >= 15 is 0 Å². The second-order valence-electron chi connectivity index (χ2n) is 7.89. The summed E-state index contributed by atoms with van der Waals surface area (Å²) >= 11 is 2.08. The topological polar surface area (TPSA) is 55.8 Å². The first-order valence-electron chi connectivity index (χ1n) is 10.7. The molecule has 6 nitrogen and oxygen atoms in total. The zero-order valence-corrected chi connectivity index (χ0v) is 21.3. The number of anilines is 1. The van der Waals surface area contributed by atoms with Gasteiger partial charge in [0, 0.05) is 50.2 Å². The summed E-state index contributed by atoms with van der Waals surface area (Å²) in [5.41, 5.74) is 1.21. The van der Waals surface area contributed by atoms with Gasteiger partial charge in [-0.1, -0.05) is 6.92 Å². The first-order chi connectivity index (χ1) is 13.6. The molecule has 0 amide bonds. The second kappa shape index (κ2) is 12.2. The van der Waals surface area contributed by atoms with E-state index in [0.29, 0.717) is 11.3 Å². The van der Waals surface area contributed by atoms with Gasteiger partial charge in [-0.2, -0.15) is 11.8 Å². The van der Waals surface area contributed by atoms with Crippen molar-refractivity contribution in [3.05, 3.63) is 23.9 Å². The molecule has 0 radical (unpaired) electrons. The summed E-state index contributed by atoms with van der Waals surface area (Å²) in [5.74, 6) is 3.26. The molecule has 2 saturated heterocycles. The van der Waals surface area contributed by atoms with Gasteiger partial charge in [0.15, 0.2) is 5.96 Å². The number of hydrogen-bond donors (Lipinski definition) is 2. The summed E-state index contributed by atoms with van der Waals surface area (Å²) in [6, 6.07) is 4.27. The lowest BCUT2D eigenvalue weighted by Crippen LogP contribution is -2.46. The molecule has 0 spiro atoms. The van der Waals surface area contributed by atoms with Crippen molar-refractivity contribution < 1.29 is 0 Å². The van der Waals surface area contributed by atoms with Gasteiger partial charge in [-0.15, -0.1) is 24.0 Å². The SMILES string of the molecule is CCNC(=NCc1ccnc(N2CCN(CC)CC2)c1)NCC1(C)CCCS1.I. The molecule has 29 heavy (non-hydrogen) atoms. The Morgan fingerprint density at radius 2 is 2.03 bits per heavy atom. The van der Waals surface area contributed by atoms with E-state index < -0.39 is 0 Å². The molecule has 164 valence electrons. The van der Waals surface area contributed by atoms with Crippen LogP contribution in [0.5, 0.6) is 0 Å². The van der Waals surface area contributed by atoms with Gasteiger partial charge in [0.05, 0.1) is 6.54 Å². The highest BCUT2D eigenvalue weighted by molar-refractivity contribution is 14.0. The number of rotatable bonds is 7. The number of aromatic nitrogens is 1. The van der Waals surface area contributed by atoms with Crippen LogP contribution in [0.3, 0.4) is 0 Å². The third-order valence-electron chi connectivity index (χ3n) is 5.65. The normalized spacial score (nSPS) is 23.0. The number of pyridine rings is 1. The Hall–Kier alpha value is -0.740. The molecule has 2 aliphatic rings. The number of piperazine rings is 1. The molecule has 8 heteroatoms. The molecule has 3 rings (SSSR count). The molecule has 3 heterocycles. The standard InChI is InChI=1S/C21H36N6S.HI/c1-4-22-20(25-17-21(3)8-6-14-28-21)24-16-18-7-9-23-19(15-18)27-12-10-26(5-2)11-13-27;/h7,9,15H,4-6,8,10-14,16-17H2,1-3H3,(H2,22,24,25);1H. The molecule has 2 N–H and O–H groups in total. The zero-order valence-electron chi connectivity index (χ0n) is 18.1. The van der Waals surface area contributed by atoms with Crippen LogP contribution in [0.15, 0.2) is 23.3 Å². The van der Waals surface area contributed by atoms with E-state index in [4.69, 9.17) is 4.99 Å².